The van der Waals surface area contributed by atoms with E-state index in [1.807, 2.05) is 6.19 Å². The smallest absolute Gasteiger partial charge is 0.265 e. The first-order valence-corrected chi connectivity index (χ1v) is 4.87. The number of benzene rings is 1. The molecule has 0 aromatic heterocycles. The van der Waals surface area contributed by atoms with Crippen molar-refractivity contribution in [1.82, 2.24) is 0 Å². The predicted molar refractivity (Wildman–Crippen MR) is 59.2 cm³/mol. The summed E-state index contributed by atoms with van der Waals surface area (Å²) in [6, 6.07) is 5.23. The Hall–Kier alpha value is -2.22. The van der Waals surface area contributed by atoms with Crippen LogP contribution in [0.5, 0.6) is 5.75 Å². The van der Waals surface area contributed by atoms with Crippen LogP contribution in [0.15, 0.2) is 18.2 Å². The van der Waals surface area contributed by atoms with Crippen LogP contribution in [0.2, 0.25) is 0 Å². The van der Waals surface area contributed by atoms with E-state index in [-0.39, 0.29) is 5.91 Å². The topological polar surface area (TPSA) is 65.4 Å². The van der Waals surface area contributed by atoms with Gasteiger partial charge in [0.05, 0.1) is 11.4 Å². The van der Waals surface area contributed by atoms with Crippen molar-refractivity contribution in [3.05, 3.63) is 18.2 Å². The first-order valence-electron chi connectivity index (χ1n) is 4.87. The minimum Gasteiger partial charge on any atom is -0.479 e. The number of hydrogen-bond acceptors (Lipinski definition) is 4. The molecule has 1 atom stereocenters. The van der Waals surface area contributed by atoms with Gasteiger partial charge in [0.25, 0.3) is 5.91 Å². The van der Waals surface area contributed by atoms with Gasteiger partial charge in [-0.15, -0.1) is 0 Å². The largest absolute Gasteiger partial charge is 0.479 e. The van der Waals surface area contributed by atoms with E-state index in [2.05, 4.69) is 5.32 Å². The molecule has 0 saturated heterocycles. The zero-order valence-corrected chi connectivity index (χ0v) is 9.02. The molecule has 5 nitrogen and oxygen atoms in total. The summed E-state index contributed by atoms with van der Waals surface area (Å²) in [6.45, 7) is 1.69. The lowest BCUT2D eigenvalue weighted by Crippen LogP contribution is -2.34. The molecule has 1 aromatic rings. The van der Waals surface area contributed by atoms with Gasteiger partial charge in [0.15, 0.2) is 12.3 Å². The van der Waals surface area contributed by atoms with Gasteiger partial charge in [0, 0.05) is 7.05 Å². The van der Waals surface area contributed by atoms with Crippen molar-refractivity contribution in [2.75, 3.05) is 17.3 Å². The van der Waals surface area contributed by atoms with Crippen molar-refractivity contribution < 1.29 is 9.53 Å². The highest BCUT2D eigenvalue weighted by Crippen LogP contribution is 2.32. The second kappa shape index (κ2) is 3.74. The Kier molecular flexibility index (Phi) is 2.41. The van der Waals surface area contributed by atoms with Crippen LogP contribution >= 0.6 is 0 Å². The molecule has 82 valence electrons. The lowest BCUT2D eigenvalue weighted by molar-refractivity contribution is -0.122. The second-order valence-corrected chi connectivity index (χ2v) is 3.59. The van der Waals surface area contributed by atoms with Gasteiger partial charge >= 0.3 is 0 Å². The minimum atomic E-state index is -0.480. The fourth-order valence-corrected chi connectivity index (χ4v) is 1.46. The minimum absolute atomic E-state index is 0.177. The number of rotatable bonds is 1. The van der Waals surface area contributed by atoms with E-state index in [0.29, 0.717) is 17.1 Å². The third-order valence-electron chi connectivity index (χ3n) is 2.43. The maximum Gasteiger partial charge on any atom is 0.265 e. The molecule has 0 fully saturated rings. The normalized spacial score (nSPS) is 17.8. The molecule has 1 N–H and O–H groups in total. The Morgan fingerprint density at radius 3 is 3.00 bits per heavy atom. The predicted octanol–water partition coefficient (Wildman–Crippen LogP) is 1.32. The summed E-state index contributed by atoms with van der Waals surface area (Å²) in [5.74, 6) is 0.450. The van der Waals surface area contributed by atoms with Gasteiger partial charge in [-0.2, -0.15) is 5.26 Å². The molecule has 5 heteroatoms. The maximum atomic E-state index is 11.4. The van der Waals surface area contributed by atoms with Crippen LogP contribution in [-0.2, 0) is 4.79 Å². The molecule has 1 heterocycles. The van der Waals surface area contributed by atoms with Crippen LogP contribution in [0.4, 0.5) is 11.4 Å². The number of hydrogen-bond donors (Lipinski definition) is 1. The van der Waals surface area contributed by atoms with Crippen molar-refractivity contribution in [1.29, 1.82) is 5.26 Å². The first-order chi connectivity index (χ1) is 7.61. The van der Waals surface area contributed by atoms with E-state index in [1.165, 1.54) is 4.90 Å². The van der Waals surface area contributed by atoms with E-state index < -0.39 is 6.10 Å². The molecular formula is C11H11N3O2. The standard InChI is InChI=1S/C11H11N3O2/c1-7-11(15)13-9-5-8(14(2)6-12)3-4-10(9)16-7/h3-5,7H,1-2H3,(H,13,15). The molecule has 0 radical (unpaired) electrons. The molecule has 1 amide bonds. The summed E-state index contributed by atoms with van der Waals surface area (Å²) in [4.78, 5) is 12.8. The average molecular weight is 217 g/mol. The van der Waals surface area contributed by atoms with Gasteiger partial charge < -0.3 is 10.1 Å². The number of nitrogens with zero attached hydrogens (tertiary/aromatic N) is 2. The highest BCUT2D eigenvalue weighted by atomic mass is 16.5. The Balaban J connectivity index is 2.37. The average Bonchev–Trinajstić information content (AvgIpc) is 2.29. The second-order valence-electron chi connectivity index (χ2n) is 3.59. The fraction of sp³-hybridized carbons (Fsp3) is 0.273. The lowest BCUT2D eigenvalue weighted by atomic mass is 10.2. The van der Waals surface area contributed by atoms with Gasteiger partial charge in [0.1, 0.15) is 5.75 Å². The van der Waals surface area contributed by atoms with E-state index in [4.69, 9.17) is 10.00 Å². The van der Waals surface area contributed by atoms with Gasteiger partial charge in [-0.1, -0.05) is 0 Å². The highest BCUT2D eigenvalue weighted by Gasteiger charge is 2.23. The highest BCUT2D eigenvalue weighted by molar-refractivity contribution is 5.98. The number of anilines is 2. The van der Waals surface area contributed by atoms with E-state index in [9.17, 15) is 4.79 Å². The fourth-order valence-electron chi connectivity index (χ4n) is 1.46. The quantitative estimate of drug-likeness (QED) is 0.569. The van der Waals surface area contributed by atoms with E-state index >= 15 is 0 Å². The summed E-state index contributed by atoms with van der Waals surface area (Å²) < 4.78 is 5.40. The van der Waals surface area contributed by atoms with Gasteiger partial charge in [0.2, 0.25) is 0 Å². The third kappa shape index (κ3) is 1.65. The van der Waals surface area contributed by atoms with Crippen LogP contribution in [0.1, 0.15) is 6.92 Å². The number of nitriles is 1. The molecule has 1 aliphatic heterocycles. The molecule has 1 aromatic carbocycles. The summed E-state index contributed by atoms with van der Waals surface area (Å²) in [5.41, 5.74) is 1.31. The van der Waals surface area contributed by atoms with Gasteiger partial charge in [-0.25, -0.2) is 0 Å². The number of nitrogens with one attached hydrogen (secondary N) is 1. The summed E-state index contributed by atoms with van der Waals surface area (Å²) in [5, 5.41) is 11.5. The van der Waals surface area contributed by atoms with Crippen molar-refractivity contribution in [2.24, 2.45) is 0 Å². The van der Waals surface area contributed by atoms with E-state index in [1.54, 1.807) is 32.2 Å². The molecule has 0 spiro atoms. The lowest BCUT2D eigenvalue weighted by Gasteiger charge is -2.24. The number of amides is 1. The number of ether oxygens (including phenoxy) is 1. The van der Waals surface area contributed by atoms with Crippen molar-refractivity contribution in [3.8, 4) is 11.9 Å². The molecular weight excluding hydrogens is 206 g/mol. The zero-order valence-electron chi connectivity index (χ0n) is 9.02. The zero-order chi connectivity index (χ0) is 11.7. The van der Waals surface area contributed by atoms with Crippen LogP contribution < -0.4 is 15.0 Å². The Bertz CT molecular complexity index is 479. The summed E-state index contributed by atoms with van der Waals surface area (Å²) >= 11 is 0. The molecule has 0 saturated carbocycles. The Labute approximate surface area is 93.2 Å². The SMILES string of the molecule is CC1Oc2ccc(N(C)C#N)cc2NC1=O. The molecule has 0 bridgehead atoms. The third-order valence-corrected chi connectivity index (χ3v) is 2.43. The van der Waals surface area contributed by atoms with Crippen molar-refractivity contribution >= 4 is 17.3 Å². The van der Waals surface area contributed by atoms with Crippen LogP contribution in [0.25, 0.3) is 0 Å². The first kappa shape index (κ1) is 10.3. The van der Waals surface area contributed by atoms with Crippen molar-refractivity contribution in [2.45, 2.75) is 13.0 Å². The van der Waals surface area contributed by atoms with Gasteiger partial charge in [-0.3, -0.25) is 9.69 Å². The monoisotopic (exact) mass is 217 g/mol. The summed E-state index contributed by atoms with van der Waals surface area (Å²) in [7, 11) is 1.65. The molecule has 1 unspecified atom stereocenters. The molecule has 16 heavy (non-hydrogen) atoms. The maximum absolute atomic E-state index is 11.4. The van der Waals surface area contributed by atoms with Crippen LogP contribution in [0, 0.1) is 11.5 Å². The number of carbonyl (C=O) groups excluding carboxylic acids is 1. The van der Waals surface area contributed by atoms with Crippen LogP contribution in [0.3, 0.4) is 0 Å². The van der Waals surface area contributed by atoms with E-state index in [0.717, 1.165) is 0 Å². The Morgan fingerprint density at radius 1 is 1.56 bits per heavy atom. The molecule has 0 aliphatic carbocycles. The molecule has 2 rings (SSSR count). The van der Waals surface area contributed by atoms with Crippen molar-refractivity contribution in [3.63, 3.8) is 0 Å². The van der Waals surface area contributed by atoms with Gasteiger partial charge in [-0.05, 0) is 25.1 Å². The Morgan fingerprint density at radius 2 is 2.31 bits per heavy atom. The van der Waals surface area contributed by atoms with Crippen LogP contribution in [-0.4, -0.2) is 19.1 Å². The molecule has 1 aliphatic rings. The number of carbonyl (C=O) groups is 1. The summed E-state index contributed by atoms with van der Waals surface area (Å²) in [6.07, 6.45) is 1.51. The number of fused-ring (bicyclic) bond motifs is 1.